The smallest absolute Gasteiger partial charge is 0.222 e. The molecule has 3 aliphatic rings. The maximum absolute atomic E-state index is 12.6. The minimum absolute atomic E-state index is 0.137. The van der Waals surface area contributed by atoms with Crippen LogP contribution in [0.15, 0.2) is 67.0 Å². The van der Waals surface area contributed by atoms with Crippen molar-refractivity contribution in [3.63, 3.8) is 0 Å². The van der Waals surface area contributed by atoms with E-state index in [0.717, 1.165) is 40.9 Å². The van der Waals surface area contributed by atoms with Gasteiger partial charge >= 0.3 is 0 Å². The number of aliphatic hydroxyl groups is 1. The lowest BCUT2D eigenvalue weighted by atomic mass is 9.99. The number of rotatable bonds is 12. The SMILES string of the molecule is C=C1C(C)C(N2c3ncnc(N)c3C(C#N)C2NCc2ccc(-c3ccccc3)c(OCCCCC(=O)N3CCOCC3)c2)O[C@@H]1CO. The maximum Gasteiger partial charge on any atom is 0.222 e. The number of nitrogens with one attached hydrogen (secondary N) is 1. The molecule has 1 amide bonds. The fourth-order valence-electron chi connectivity index (χ4n) is 6.71. The minimum Gasteiger partial charge on any atom is -0.493 e. The quantitative estimate of drug-likeness (QED) is 0.194. The Morgan fingerprint density at radius 3 is 2.71 bits per heavy atom. The molecule has 2 fully saturated rings. The molecular formula is C36H43N7O5. The summed E-state index contributed by atoms with van der Waals surface area (Å²) in [6.45, 7) is 9.35. The second-order valence-electron chi connectivity index (χ2n) is 12.4. The van der Waals surface area contributed by atoms with E-state index in [2.05, 4.69) is 27.9 Å². The molecule has 48 heavy (non-hydrogen) atoms. The van der Waals surface area contributed by atoms with Crippen LogP contribution >= 0.6 is 0 Å². The van der Waals surface area contributed by atoms with E-state index in [-0.39, 0.29) is 24.2 Å². The number of anilines is 2. The summed E-state index contributed by atoms with van der Waals surface area (Å²) in [6.07, 6.45) is 1.79. The van der Waals surface area contributed by atoms with Crippen molar-refractivity contribution in [2.45, 2.75) is 57.1 Å². The second-order valence-corrected chi connectivity index (χ2v) is 12.4. The van der Waals surface area contributed by atoms with Crippen molar-refractivity contribution in [1.82, 2.24) is 20.2 Å². The molecule has 0 saturated carbocycles. The van der Waals surface area contributed by atoms with Gasteiger partial charge in [0.05, 0.1) is 38.1 Å². The third-order valence-electron chi connectivity index (χ3n) is 9.43. The number of carbonyl (C=O) groups excluding carboxylic acids is 1. The van der Waals surface area contributed by atoms with E-state index < -0.39 is 24.4 Å². The van der Waals surface area contributed by atoms with Crippen molar-refractivity contribution >= 4 is 17.5 Å². The molecule has 1 aromatic heterocycles. The number of nitrogen functional groups attached to an aromatic ring is 1. The van der Waals surface area contributed by atoms with Crippen LogP contribution in [0, 0.1) is 17.2 Å². The second kappa shape index (κ2) is 15.1. The number of fused-ring (bicyclic) bond motifs is 1. The lowest BCUT2D eigenvalue weighted by Gasteiger charge is -2.35. The molecule has 4 N–H and O–H groups in total. The zero-order chi connectivity index (χ0) is 33.6. The Hall–Kier alpha value is -4.54. The van der Waals surface area contributed by atoms with Crippen molar-refractivity contribution in [2.24, 2.45) is 5.92 Å². The Morgan fingerprint density at radius 2 is 1.98 bits per heavy atom. The van der Waals surface area contributed by atoms with Gasteiger partial charge in [-0.15, -0.1) is 0 Å². The number of nitrogens with two attached hydrogens (primary N) is 1. The van der Waals surface area contributed by atoms with Gasteiger partial charge in [0, 0.05) is 37.5 Å². The summed E-state index contributed by atoms with van der Waals surface area (Å²) in [4.78, 5) is 25.1. The summed E-state index contributed by atoms with van der Waals surface area (Å²) in [7, 11) is 0. The third kappa shape index (κ3) is 6.86. The predicted molar refractivity (Wildman–Crippen MR) is 181 cm³/mol. The molecule has 4 unspecified atom stereocenters. The first-order valence-electron chi connectivity index (χ1n) is 16.5. The molecule has 12 nitrogen and oxygen atoms in total. The Kier molecular flexibility index (Phi) is 10.5. The van der Waals surface area contributed by atoms with Crippen LogP contribution in [0.3, 0.4) is 0 Å². The van der Waals surface area contributed by atoms with Crippen LogP contribution in [-0.2, 0) is 20.8 Å². The molecule has 0 spiro atoms. The highest BCUT2D eigenvalue weighted by Crippen LogP contribution is 2.46. The lowest BCUT2D eigenvalue weighted by molar-refractivity contribution is -0.135. The summed E-state index contributed by atoms with van der Waals surface area (Å²) in [5.41, 5.74) is 10.6. The topological polar surface area (TPSA) is 159 Å². The van der Waals surface area contributed by atoms with E-state index in [9.17, 15) is 15.2 Å². The number of aliphatic hydroxyl groups excluding tert-OH is 1. The van der Waals surface area contributed by atoms with E-state index in [1.54, 1.807) is 0 Å². The molecule has 3 aliphatic heterocycles. The monoisotopic (exact) mass is 653 g/mol. The molecule has 252 valence electrons. The van der Waals surface area contributed by atoms with Crippen LogP contribution in [0.5, 0.6) is 5.75 Å². The van der Waals surface area contributed by atoms with Crippen molar-refractivity contribution in [1.29, 1.82) is 5.26 Å². The number of hydrogen-bond donors (Lipinski definition) is 3. The molecule has 4 heterocycles. The molecule has 2 aromatic carbocycles. The fraction of sp³-hybridized carbons (Fsp3) is 0.444. The number of unbranched alkanes of at least 4 members (excludes halogenated alkanes) is 1. The van der Waals surface area contributed by atoms with Crippen molar-refractivity contribution in [3.8, 4) is 22.9 Å². The molecule has 0 radical (unpaired) electrons. The van der Waals surface area contributed by atoms with Gasteiger partial charge in [-0.3, -0.25) is 10.1 Å². The zero-order valence-corrected chi connectivity index (χ0v) is 27.3. The molecule has 5 atom stereocenters. The Morgan fingerprint density at radius 1 is 1.19 bits per heavy atom. The van der Waals surface area contributed by atoms with E-state index in [1.165, 1.54) is 6.33 Å². The molecule has 12 heteroatoms. The minimum atomic E-state index is -0.669. The van der Waals surface area contributed by atoms with Gasteiger partial charge < -0.3 is 34.9 Å². The van der Waals surface area contributed by atoms with Gasteiger partial charge in [0.2, 0.25) is 5.91 Å². The summed E-state index contributed by atoms with van der Waals surface area (Å²) >= 11 is 0. The number of morpholine rings is 1. The highest BCUT2D eigenvalue weighted by atomic mass is 16.5. The average molecular weight is 654 g/mol. The Labute approximate surface area is 281 Å². The maximum atomic E-state index is 12.6. The number of aromatic nitrogens is 2. The number of hydrogen-bond acceptors (Lipinski definition) is 11. The average Bonchev–Trinajstić information content (AvgIpc) is 3.60. The first-order valence-corrected chi connectivity index (χ1v) is 16.5. The Balaban J connectivity index is 1.19. The molecule has 0 bridgehead atoms. The van der Waals surface area contributed by atoms with Crippen molar-refractivity contribution < 1.29 is 24.1 Å². The van der Waals surface area contributed by atoms with Gasteiger partial charge in [0.15, 0.2) is 0 Å². The van der Waals surface area contributed by atoms with Crippen LogP contribution in [0.2, 0.25) is 0 Å². The number of benzene rings is 2. The largest absolute Gasteiger partial charge is 0.493 e. The van der Waals surface area contributed by atoms with Gasteiger partial charge in [-0.1, -0.05) is 56.0 Å². The normalized spacial score (nSPS) is 23.6. The number of amides is 1. The van der Waals surface area contributed by atoms with Gasteiger partial charge in [0.25, 0.3) is 0 Å². The van der Waals surface area contributed by atoms with Crippen LogP contribution in [-0.4, -0.2) is 83.9 Å². The van der Waals surface area contributed by atoms with Crippen LogP contribution < -0.4 is 20.7 Å². The predicted octanol–water partition coefficient (Wildman–Crippen LogP) is 3.59. The number of nitriles is 1. The summed E-state index contributed by atoms with van der Waals surface area (Å²) < 4.78 is 18.0. The zero-order valence-electron chi connectivity index (χ0n) is 27.3. The number of carbonyl (C=O) groups is 1. The highest BCUT2D eigenvalue weighted by Gasteiger charge is 2.50. The van der Waals surface area contributed by atoms with E-state index >= 15 is 0 Å². The van der Waals surface area contributed by atoms with Crippen LogP contribution in [0.25, 0.3) is 11.1 Å². The lowest BCUT2D eigenvalue weighted by Crippen LogP contribution is -2.52. The fourth-order valence-corrected chi connectivity index (χ4v) is 6.71. The van der Waals surface area contributed by atoms with Crippen molar-refractivity contribution in [2.75, 3.05) is 50.2 Å². The summed E-state index contributed by atoms with van der Waals surface area (Å²) in [5, 5.41) is 23.9. The first kappa shape index (κ1) is 33.4. The van der Waals surface area contributed by atoms with E-state index in [4.69, 9.17) is 19.9 Å². The van der Waals surface area contributed by atoms with Gasteiger partial charge in [-0.05, 0) is 35.6 Å². The van der Waals surface area contributed by atoms with E-state index in [1.807, 2.05) is 65.3 Å². The molecule has 0 aliphatic carbocycles. The van der Waals surface area contributed by atoms with Gasteiger partial charge in [-0.2, -0.15) is 5.26 Å². The standard InChI is InChI=1S/C36H43N7O5/c1-23-24(2)36(48-30(23)21-44)43-34(28(19-37)32-33(38)40-22-41-35(32)43)39-20-25-11-12-27(26-8-4-3-5-9-26)29(18-25)47-15-7-6-10-31(45)42-13-16-46-17-14-42/h3-5,8-9,11-12,18,22,24,28,30,34,36,39,44H,1,6-7,10,13-17,20-21H2,2H3,(H2,38,40,41)/t24?,28?,30-,34?,36?/m1/s1. The Bertz CT molecular complexity index is 1640. The van der Waals surface area contributed by atoms with E-state index in [0.29, 0.717) is 57.3 Å². The third-order valence-corrected chi connectivity index (χ3v) is 9.43. The number of nitrogens with zero attached hydrogens (tertiary/aromatic N) is 5. The highest BCUT2D eigenvalue weighted by molar-refractivity contribution is 5.76. The first-order chi connectivity index (χ1) is 23.4. The molecular weight excluding hydrogens is 610 g/mol. The van der Waals surface area contributed by atoms with Crippen LogP contribution in [0.1, 0.15) is 43.2 Å². The van der Waals surface area contributed by atoms with Gasteiger partial charge in [-0.25, -0.2) is 9.97 Å². The number of ether oxygens (including phenoxy) is 3. The van der Waals surface area contributed by atoms with Crippen molar-refractivity contribution in [3.05, 3.63) is 78.1 Å². The summed E-state index contributed by atoms with van der Waals surface area (Å²) in [5.74, 6) is 0.883. The van der Waals surface area contributed by atoms with Crippen LogP contribution in [0.4, 0.5) is 11.6 Å². The molecule has 6 rings (SSSR count). The molecule has 3 aromatic rings. The molecule has 2 saturated heterocycles. The van der Waals surface area contributed by atoms with Gasteiger partial charge in [0.1, 0.15) is 48.1 Å². The summed E-state index contributed by atoms with van der Waals surface area (Å²) in [6, 6.07) is 18.6.